The van der Waals surface area contributed by atoms with Crippen molar-refractivity contribution in [3.8, 4) is 11.5 Å². The van der Waals surface area contributed by atoms with Gasteiger partial charge in [0.05, 0.1) is 7.11 Å². The molecule has 3 rings (SSSR count). The molecule has 0 unspecified atom stereocenters. The molecule has 2 aromatic carbocycles. The summed E-state index contributed by atoms with van der Waals surface area (Å²) >= 11 is 0. The number of carboxylic acid groups (broad SMARTS) is 1. The molecular formula is C19H17N3O4. The summed E-state index contributed by atoms with van der Waals surface area (Å²) in [6.45, 7) is 0.107. The van der Waals surface area contributed by atoms with Gasteiger partial charge in [-0.1, -0.05) is 18.2 Å². The van der Waals surface area contributed by atoms with Crippen molar-refractivity contribution >= 4 is 17.5 Å². The first-order valence-electron chi connectivity index (χ1n) is 7.84. The Bertz CT molecular complexity index is 883. The Morgan fingerprint density at radius 3 is 2.42 bits per heavy atom. The molecule has 2 N–H and O–H groups in total. The Morgan fingerprint density at radius 2 is 1.77 bits per heavy atom. The summed E-state index contributed by atoms with van der Waals surface area (Å²) in [7, 11) is 1.59. The van der Waals surface area contributed by atoms with Gasteiger partial charge in [-0.3, -0.25) is 0 Å². The molecule has 0 atom stereocenters. The molecule has 0 spiro atoms. The highest BCUT2D eigenvalue weighted by Crippen LogP contribution is 2.20. The summed E-state index contributed by atoms with van der Waals surface area (Å²) in [4.78, 5) is 19.8. The summed E-state index contributed by atoms with van der Waals surface area (Å²) in [6.07, 6.45) is 1.27. The second kappa shape index (κ2) is 7.98. The van der Waals surface area contributed by atoms with E-state index in [-0.39, 0.29) is 18.0 Å². The molecule has 7 nitrogen and oxygen atoms in total. The zero-order valence-corrected chi connectivity index (χ0v) is 14.0. The molecule has 0 bridgehead atoms. The molecule has 1 aromatic heterocycles. The summed E-state index contributed by atoms with van der Waals surface area (Å²) in [6, 6.07) is 16.3. The number of methoxy groups -OCH3 is 1. The van der Waals surface area contributed by atoms with Gasteiger partial charge in [0.2, 0.25) is 0 Å². The van der Waals surface area contributed by atoms with E-state index in [2.05, 4.69) is 15.3 Å². The molecular weight excluding hydrogens is 334 g/mol. The third kappa shape index (κ3) is 4.27. The molecule has 26 heavy (non-hydrogen) atoms. The zero-order valence-electron chi connectivity index (χ0n) is 14.0. The molecule has 0 saturated carbocycles. The van der Waals surface area contributed by atoms with Crippen molar-refractivity contribution in [3.05, 3.63) is 72.2 Å². The van der Waals surface area contributed by atoms with Crippen molar-refractivity contribution in [2.45, 2.75) is 6.61 Å². The fourth-order valence-electron chi connectivity index (χ4n) is 2.22. The van der Waals surface area contributed by atoms with Crippen molar-refractivity contribution in [3.63, 3.8) is 0 Å². The van der Waals surface area contributed by atoms with Crippen LogP contribution in [0.2, 0.25) is 0 Å². The van der Waals surface area contributed by atoms with E-state index in [9.17, 15) is 9.90 Å². The quantitative estimate of drug-likeness (QED) is 0.673. The molecule has 0 aliphatic heterocycles. The Hall–Kier alpha value is -3.61. The largest absolute Gasteiger partial charge is 0.497 e. The number of rotatable bonds is 7. The first-order chi connectivity index (χ1) is 12.7. The Morgan fingerprint density at radius 1 is 1.08 bits per heavy atom. The molecule has 0 amide bonds. The van der Waals surface area contributed by atoms with Crippen LogP contribution in [0, 0.1) is 0 Å². The van der Waals surface area contributed by atoms with Crippen LogP contribution in [0.5, 0.6) is 11.5 Å². The third-order valence-corrected chi connectivity index (χ3v) is 3.53. The van der Waals surface area contributed by atoms with E-state index in [1.165, 1.54) is 6.20 Å². The highest BCUT2D eigenvalue weighted by molar-refractivity contribution is 5.93. The Kier molecular flexibility index (Phi) is 5.28. The summed E-state index contributed by atoms with van der Waals surface area (Å²) in [5.41, 5.74) is 0.720. The summed E-state index contributed by atoms with van der Waals surface area (Å²) < 4.78 is 10.7. The minimum absolute atomic E-state index is 0.0120. The highest BCUT2D eigenvalue weighted by Gasteiger charge is 2.14. The number of hydrogen-bond acceptors (Lipinski definition) is 6. The van der Waals surface area contributed by atoms with Gasteiger partial charge in [0.25, 0.3) is 0 Å². The van der Waals surface area contributed by atoms with Gasteiger partial charge in [-0.15, -0.1) is 0 Å². The van der Waals surface area contributed by atoms with E-state index < -0.39 is 5.97 Å². The van der Waals surface area contributed by atoms with Crippen molar-refractivity contribution in [2.24, 2.45) is 0 Å². The standard InChI is InChI=1S/C19H17N3O4/c1-25-14-7-9-15(10-8-14)26-12-17-20-11-16(19(23)24)18(22-17)21-13-5-3-2-4-6-13/h2-11H,12H2,1H3,(H,23,24)(H,20,21,22). The van der Waals surface area contributed by atoms with Crippen molar-refractivity contribution in [1.29, 1.82) is 0 Å². The van der Waals surface area contributed by atoms with Gasteiger partial charge in [0.1, 0.15) is 29.5 Å². The van der Waals surface area contributed by atoms with Crippen LogP contribution in [0.4, 0.5) is 11.5 Å². The molecule has 3 aromatic rings. The van der Waals surface area contributed by atoms with Crippen LogP contribution in [-0.2, 0) is 6.61 Å². The lowest BCUT2D eigenvalue weighted by molar-refractivity contribution is 0.0697. The number of carbonyl (C=O) groups is 1. The fraction of sp³-hybridized carbons (Fsp3) is 0.105. The lowest BCUT2D eigenvalue weighted by Crippen LogP contribution is -2.10. The van der Waals surface area contributed by atoms with Crippen LogP contribution in [0.1, 0.15) is 16.2 Å². The number of nitrogens with zero attached hydrogens (tertiary/aromatic N) is 2. The van der Waals surface area contributed by atoms with E-state index in [1.54, 1.807) is 31.4 Å². The number of para-hydroxylation sites is 1. The molecule has 0 aliphatic carbocycles. The van der Waals surface area contributed by atoms with Gasteiger partial charge in [-0.25, -0.2) is 14.8 Å². The third-order valence-electron chi connectivity index (χ3n) is 3.53. The van der Waals surface area contributed by atoms with Crippen molar-refractivity contribution in [1.82, 2.24) is 9.97 Å². The Labute approximate surface area is 150 Å². The van der Waals surface area contributed by atoms with Crippen LogP contribution < -0.4 is 14.8 Å². The maximum Gasteiger partial charge on any atom is 0.341 e. The van der Waals surface area contributed by atoms with Crippen LogP contribution in [0.25, 0.3) is 0 Å². The fourth-order valence-corrected chi connectivity index (χ4v) is 2.22. The number of benzene rings is 2. The molecule has 7 heteroatoms. The molecule has 0 saturated heterocycles. The number of nitrogens with one attached hydrogen (secondary N) is 1. The van der Waals surface area contributed by atoms with Gasteiger partial charge >= 0.3 is 5.97 Å². The van der Waals surface area contributed by atoms with Crippen LogP contribution in [-0.4, -0.2) is 28.2 Å². The monoisotopic (exact) mass is 351 g/mol. The zero-order chi connectivity index (χ0) is 18.4. The highest BCUT2D eigenvalue weighted by atomic mass is 16.5. The minimum Gasteiger partial charge on any atom is -0.497 e. The van der Waals surface area contributed by atoms with Gasteiger partial charge in [-0.05, 0) is 36.4 Å². The van der Waals surface area contributed by atoms with E-state index in [0.29, 0.717) is 11.6 Å². The van der Waals surface area contributed by atoms with E-state index >= 15 is 0 Å². The molecule has 132 valence electrons. The van der Waals surface area contributed by atoms with Crippen molar-refractivity contribution < 1.29 is 19.4 Å². The van der Waals surface area contributed by atoms with Crippen LogP contribution in [0.15, 0.2) is 60.8 Å². The topological polar surface area (TPSA) is 93.6 Å². The first-order valence-corrected chi connectivity index (χ1v) is 7.84. The minimum atomic E-state index is -1.11. The normalized spacial score (nSPS) is 10.2. The number of aromatic nitrogens is 2. The maximum atomic E-state index is 11.4. The lowest BCUT2D eigenvalue weighted by Gasteiger charge is -2.11. The summed E-state index contributed by atoms with van der Waals surface area (Å²) in [5.74, 6) is 0.838. The number of ether oxygens (including phenoxy) is 2. The van der Waals surface area contributed by atoms with Crippen LogP contribution >= 0.6 is 0 Å². The second-order valence-electron chi connectivity index (χ2n) is 5.31. The number of aromatic carboxylic acids is 1. The van der Waals surface area contributed by atoms with E-state index in [1.807, 2.05) is 30.3 Å². The number of anilines is 2. The SMILES string of the molecule is COc1ccc(OCc2ncc(C(=O)O)c(Nc3ccccc3)n2)cc1. The number of hydrogen-bond donors (Lipinski definition) is 2. The second-order valence-corrected chi connectivity index (χ2v) is 5.31. The summed E-state index contributed by atoms with van der Waals surface area (Å²) in [5, 5.41) is 12.3. The predicted molar refractivity (Wildman–Crippen MR) is 96.0 cm³/mol. The average Bonchev–Trinajstić information content (AvgIpc) is 2.67. The van der Waals surface area contributed by atoms with Crippen LogP contribution in [0.3, 0.4) is 0 Å². The average molecular weight is 351 g/mol. The molecule has 0 aliphatic rings. The van der Waals surface area contributed by atoms with Gasteiger partial charge in [-0.2, -0.15) is 0 Å². The van der Waals surface area contributed by atoms with Gasteiger partial charge < -0.3 is 19.9 Å². The number of carboxylic acids is 1. The van der Waals surface area contributed by atoms with E-state index in [4.69, 9.17) is 9.47 Å². The first kappa shape index (κ1) is 17.2. The van der Waals surface area contributed by atoms with Gasteiger partial charge in [0, 0.05) is 11.9 Å². The smallest absolute Gasteiger partial charge is 0.341 e. The van der Waals surface area contributed by atoms with Gasteiger partial charge in [0.15, 0.2) is 5.82 Å². The molecule has 0 radical (unpaired) electrons. The maximum absolute atomic E-state index is 11.4. The molecule has 0 fully saturated rings. The molecule has 1 heterocycles. The van der Waals surface area contributed by atoms with Crippen molar-refractivity contribution in [2.75, 3.05) is 12.4 Å². The Balaban J connectivity index is 1.77. The lowest BCUT2D eigenvalue weighted by atomic mass is 10.2. The predicted octanol–water partition coefficient (Wildman–Crippen LogP) is 3.51. The van der Waals surface area contributed by atoms with E-state index in [0.717, 1.165) is 11.4 Å².